The monoisotopic (exact) mass is 494 g/mol. The van der Waals surface area contributed by atoms with Crippen molar-refractivity contribution < 1.29 is 9.59 Å². The van der Waals surface area contributed by atoms with Crippen LogP contribution in [0.4, 0.5) is 11.4 Å². The molecule has 3 saturated heterocycles. The van der Waals surface area contributed by atoms with Crippen LogP contribution in [0.1, 0.15) is 65.0 Å². The summed E-state index contributed by atoms with van der Waals surface area (Å²) < 4.78 is 0. The van der Waals surface area contributed by atoms with E-state index >= 15 is 0 Å². The van der Waals surface area contributed by atoms with Crippen LogP contribution in [-0.4, -0.2) is 55.0 Å². The number of amides is 2. The molecular formula is C31H34N4O2. The molecule has 4 heterocycles. The second-order valence-electron chi connectivity index (χ2n) is 11.8. The molecular weight excluding hydrogens is 460 g/mol. The van der Waals surface area contributed by atoms with E-state index in [-0.39, 0.29) is 23.4 Å². The molecule has 0 aromatic heterocycles. The maximum absolute atomic E-state index is 13.7. The first-order valence-corrected chi connectivity index (χ1v) is 13.6. The second kappa shape index (κ2) is 7.81. The summed E-state index contributed by atoms with van der Waals surface area (Å²) >= 11 is 0. The Kier molecular flexibility index (Phi) is 4.81. The number of anilines is 2. The average Bonchev–Trinajstić information content (AvgIpc) is 3.61. The first-order chi connectivity index (χ1) is 17.8. The Bertz CT molecular complexity index is 1460. The standard InChI is InChI=1S/C31H34N4O2/c1-18(2)35-27-11-10-26(23-6-5-7-24(28(23)27)30(35)37)31(12-13-31)32-29(36)25-15-20(9-8-19(25)3)34-16-21-14-22(17-34)33(21)4/h5-11,15,18,21-22H,12-14,16-17H2,1-4H3,(H,32,36). The van der Waals surface area contributed by atoms with E-state index in [1.54, 1.807) is 0 Å². The van der Waals surface area contributed by atoms with Crippen molar-refractivity contribution in [1.29, 1.82) is 0 Å². The van der Waals surface area contributed by atoms with E-state index in [0.717, 1.165) is 70.3 Å². The highest BCUT2D eigenvalue weighted by Crippen LogP contribution is 2.51. The zero-order valence-electron chi connectivity index (χ0n) is 22.0. The molecule has 1 N–H and O–H groups in total. The molecule has 3 aromatic rings. The Balaban J connectivity index is 1.20. The summed E-state index contributed by atoms with van der Waals surface area (Å²) in [6.07, 6.45) is 3.09. The van der Waals surface area contributed by atoms with Crippen molar-refractivity contribution >= 4 is 34.0 Å². The summed E-state index contributed by atoms with van der Waals surface area (Å²) in [7, 11) is 2.22. The van der Waals surface area contributed by atoms with Gasteiger partial charge in [0, 0.05) is 53.4 Å². The maximum Gasteiger partial charge on any atom is 0.259 e. The average molecular weight is 495 g/mol. The molecule has 0 radical (unpaired) electrons. The lowest BCUT2D eigenvalue weighted by atomic mass is 9.88. The highest BCUT2D eigenvalue weighted by molar-refractivity contribution is 6.25. The molecule has 6 nitrogen and oxygen atoms in total. The topological polar surface area (TPSA) is 55.9 Å². The summed E-state index contributed by atoms with van der Waals surface area (Å²) in [6.45, 7) is 8.16. The van der Waals surface area contributed by atoms with E-state index in [4.69, 9.17) is 0 Å². The van der Waals surface area contributed by atoms with Gasteiger partial charge in [0.2, 0.25) is 0 Å². The normalized spacial score (nSPS) is 23.5. The van der Waals surface area contributed by atoms with Gasteiger partial charge in [-0.15, -0.1) is 0 Å². The van der Waals surface area contributed by atoms with E-state index in [1.165, 1.54) is 6.42 Å². The van der Waals surface area contributed by atoms with Crippen molar-refractivity contribution in [1.82, 2.24) is 10.2 Å². The van der Waals surface area contributed by atoms with Crippen LogP contribution in [0.5, 0.6) is 0 Å². The van der Waals surface area contributed by atoms with Gasteiger partial charge in [-0.2, -0.15) is 0 Å². The molecule has 8 rings (SSSR count). The van der Waals surface area contributed by atoms with Crippen LogP contribution in [0.15, 0.2) is 48.5 Å². The highest BCUT2D eigenvalue weighted by Gasteiger charge is 2.48. The van der Waals surface area contributed by atoms with Gasteiger partial charge < -0.3 is 15.1 Å². The zero-order chi connectivity index (χ0) is 25.6. The van der Waals surface area contributed by atoms with Gasteiger partial charge in [0.25, 0.3) is 11.8 Å². The molecule has 2 atom stereocenters. The number of carbonyl (C=O) groups excluding carboxylic acids is 2. The van der Waals surface area contributed by atoms with E-state index in [9.17, 15) is 9.59 Å². The van der Waals surface area contributed by atoms with Gasteiger partial charge in [-0.3, -0.25) is 14.5 Å². The lowest BCUT2D eigenvalue weighted by Gasteiger charge is -2.55. The van der Waals surface area contributed by atoms with Crippen molar-refractivity contribution in [3.63, 3.8) is 0 Å². The van der Waals surface area contributed by atoms with Crippen LogP contribution in [0.2, 0.25) is 0 Å². The summed E-state index contributed by atoms with van der Waals surface area (Å²) in [5, 5.41) is 5.52. The fraction of sp³-hybridized carbons (Fsp3) is 0.419. The van der Waals surface area contributed by atoms with E-state index in [0.29, 0.717) is 12.1 Å². The number of hydrogen-bond acceptors (Lipinski definition) is 4. The van der Waals surface area contributed by atoms with Gasteiger partial charge in [0.15, 0.2) is 0 Å². The number of hydrogen-bond donors (Lipinski definition) is 1. The fourth-order valence-electron chi connectivity index (χ4n) is 6.87. The molecule has 1 aliphatic carbocycles. The van der Waals surface area contributed by atoms with Crippen LogP contribution in [0.25, 0.3) is 10.8 Å². The van der Waals surface area contributed by atoms with Crippen LogP contribution < -0.4 is 15.1 Å². The Morgan fingerprint density at radius 1 is 1.05 bits per heavy atom. The number of benzene rings is 3. The molecule has 4 aliphatic heterocycles. The van der Waals surface area contributed by atoms with Crippen molar-refractivity contribution in [2.45, 2.75) is 63.7 Å². The Labute approximate surface area is 218 Å². The van der Waals surface area contributed by atoms with Crippen LogP contribution >= 0.6 is 0 Å². The second-order valence-corrected chi connectivity index (χ2v) is 11.8. The number of nitrogens with zero attached hydrogens (tertiary/aromatic N) is 3. The molecule has 2 bridgehead atoms. The maximum atomic E-state index is 13.7. The molecule has 5 aliphatic rings. The first-order valence-electron chi connectivity index (χ1n) is 13.6. The van der Waals surface area contributed by atoms with E-state index in [2.05, 4.69) is 58.6 Å². The largest absolute Gasteiger partial charge is 0.368 e. The molecule has 3 aromatic carbocycles. The number of aryl methyl sites for hydroxylation is 1. The molecule has 2 amide bonds. The fourth-order valence-corrected chi connectivity index (χ4v) is 6.87. The van der Waals surface area contributed by atoms with Crippen LogP contribution in [-0.2, 0) is 5.54 Å². The van der Waals surface area contributed by atoms with Crippen molar-refractivity contribution in [2.75, 3.05) is 29.9 Å². The summed E-state index contributed by atoms with van der Waals surface area (Å²) in [5.74, 6) is 0.0508. The Morgan fingerprint density at radius 3 is 2.49 bits per heavy atom. The number of nitrogens with one attached hydrogen (secondary N) is 1. The number of piperazine rings is 1. The lowest BCUT2D eigenvalue weighted by Crippen LogP contribution is -2.67. The van der Waals surface area contributed by atoms with Crippen molar-refractivity contribution in [2.24, 2.45) is 0 Å². The number of carbonyl (C=O) groups is 2. The number of rotatable bonds is 5. The third kappa shape index (κ3) is 3.28. The quantitative estimate of drug-likeness (QED) is 0.552. The number of piperidine rings is 1. The molecule has 2 unspecified atom stereocenters. The van der Waals surface area contributed by atoms with Crippen molar-refractivity contribution in [3.05, 3.63) is 70.8 Å². The minimum absolute atomic E-state index is 0.0146. The van der Waals surface area contributed by atoms with Gasteiger partial charge in [0.1, 0.15) is 0 Å². The third-order valence-electron chi connectivity index (χ3n) is 9.25. The van der Waals surface area contributed by atoms with Gasteiger partial charge in [-0.25, -0.2) is 0 Å². The van der Waals surface area contributed by atoms with E-state index in [1.807, 2.05) is 37.8 Å². The van der Waals surface area contributed by atoms with Gasteiger partial charge >= 0.3 is 0 Å². The molecule has 1 saturated carbocycles. The molecule has 190 valence electrons. The number of fused-ring (bicyclic) bond motifs is 2. The molecule has 0 spiro atoms. The SMILES string of the molecule is Cc1ccc(N2CC3CC(C2)N3C)cc1C(=O)NC1(c2ccc3c4c(cccc24)C(=O)N3C(C)C)CC1. The smallest absolute Gasteiger partial charge is 0.259 e. The van der Waals surface area contributed by atoms with Gasteiger partial charge in [0.05, 0.1) is 11.2 Å². The van der Waals surface area contributed by atoms with Gasteiger partial charge in [-0.1, -0.05) is 24.3 Å². The number of likely N-dealkylation sites (N-methyl/N-ethyl adjacent to an activating group) is 1. The first kappa shape index (κ1) is 22.8. The molecule has 4 fully saturated rings. The Hall–Kier alpha value is -3.38. The van der Waals surface area contributed by atoms with Crippen LogP contribution in [0, 0.1) is 6.92 Å². The third-order valence-corrected chi connectivity index (χ3v) is 9.25. The predicted molar refractivity (Wildman–Crippen MR) is 148 cm³/mol. The molecule has 37 heavy (non-hydrogen) atoms. The molecule has 6 heteroatoms. The zero-order valence-corrected chi connectivity index (χ0v) is 22.0. The Morgan fingerprint density at radius 2 is 1.81 bits per heavy atom. The minimum Gasteiger partial charge on any atom is -0.368 e. The van der Waals surface area contributed by atoms with Crippen LogP contribution in [0.3, 0.4) is 0 Å². The minimum atomic E-state index is -0.388. The summed E-state index contributed by atoms with van der Waals surface area (Å²) in [4.78, 5) is 33.7. The summed E-state index contributed by atoms with van der Waals surface area (Å²) in [6, 6.07) is 17.8. The van der Waals surface area contributed by atoms with Gasteiger partial charge in [-0.05, 0) is 87.9 Å². The predicted octanol–water partition coefficient (Wildman–Crippen LogP) is 4.83. The van der Waals surface area contributed by atoms with Crippen molar-refractivity contribution in [3.8, 4) is 0 Å². The summed E-state index contributed by atoms with van der Waals surface area (Å²) in [5.41, 5.74) is 5.36. The van der Waals surface area contributed by atoms with E-state index < -0.39 is 0 Å². The highest BCUT2D eigenvalue weighted by atomic mass is 16.2. The lowest BCUT2D eigenvalue weighted by molar-refractivity contribution is 0.0264.